The molecular weight excluding hydrogens is 314 g/mol. The number of pyridine rings is 1. The molecule has 0 fully saturated rings. The first-order valence-electron chi connectivity index (χ1n) is 8.72. The Bertz CT molecular complexity index is 654. The molecule has 0 bridgehead atoms. The van der Waals surface area contributed by atoms with Gasteiger partial charge in [0, 0.05) is 26.3 Å². The van der Waals surface area contributed by atoms with Gasteiger partial charge in [-0.25, -0.2) is 4.98 Å². The van der Waals surface area contributed by atoms with E-state index in [1.54, 1.807) is 18.2 Å². The number of hydrogen-bond acceptors (Lipinski definition) is 4. The summed E-state index contributed by atoms with van der Waals surface area (Å²) in [5.74, 6) is 1.66. The minimum atomic E-state index is 0.0192. The largest absolute Gasteiger partial charge is 0.497 e. The van der Waals surface area contributed by atoms with E-state index < -0.39 is 0 Å². The highest BCUT2D eigenvalue weighted by molar-refractivity contribution is 5.93. The Kier molecular flexibility index (Phi) is 7.26. The van der Waals surface area contributed by atoms with E-state index in [1.165, 1.54) is 5.56 Å². The maximum Gasteiger partial charge on any atom is 0.255 e. The number of nitrogens with one attached hydrogen (secondary N) is 1. The van der Waals surface area contributed by atoms with Crippen molar-refractivity contribution >= 4 is 11.7 Å². The molecular formula is C20H27N3O2. The first-order chi connectivity index (χ1) is 12.1. The number of carbonyl (C=O) groups is 1. The van der Waals surface area contributed by atoms with Crippen LogP contribution in [0.2, 0.25) is 0 Å². The number of benzene rings is 1. The van der Waals surface area contributed by atoms with Gasteiger partial charge < -0.3 is 15.0 Å². The molecule has 0 saturated carbocycles. The van der Waals surface area contributed by atoms with Gasteiger partial charge in [0.1, 0.15) is 11.6 Å². The van der Waals surface area contributed by atoms with E-state index in [9.17, 15) is 4.79 Å². The van der Waals surface area contributed by atoms with Gasteiger partial charge in [0.15, 0.2) is 0 Å². The number of carbonyl (C=O) groups excluding carboxylic acids is 1. The standard InChI is InChI=1S/C20H27N3O2/c1-4-5-14-23(2)20(24)17-8-11-19(22-15-17)21-13-12-16-6-9-18(25-3)10-7-16/h6-11,15H,4-5,12-14H2,1-3H3,(H,21,22). The minimum Gasteiger partial charge on any atom is -0.497 e. The van der Waals surface area contributed by atoms with Crippen LogP contribution >= 0.6 is 0 Å². The average molecular weight is 341 g/mol. The van der Waals surface area contributed by atoms with E-state index in [2.05, 4.69) is 29.4 Å². The molecule has 1 heterocycles. The number of ether oxygens (including phenoxy) is 1. The predicted octanol–water partition coefficient (Wildman–Crippen LogP) is 3.62. The van der Waals surface area contributed by atoms with Gasteiger partial charge in [-0.15, -0.1) is 0 Å². The Hall–Kier alpha value is -2.56. The summed E-state index contributed by atoms with van der Waals surface area (Å²) < 4.78 is 5.16. The Morgan fingerprint density at radius 3 is 2.56 bits per heavy atom. The van der Waals surface area contributed by atoms with E-state index in [0.717, 1.165) is 43.9 Å². The summed E-state index contributed by atoms with van der Waals surface area (Å²) in [6.45, 7) is 3.67. The molecule has 0 unspecified atom stereocenters. The van der Waals surface area contributed by atoms with E-state index in [-0.39, 0.29) is 5.91 Å². The van der Waals surface area contributed by atoms with Crippen LogP contribution in [0.3, 0.4) is 0 Å². The van der Waals surface area contributed by atoms with Gasteiger partial charge in [-0.3, -0.25) is 4.79 Å². The van der Waals surface area contributed by atoms with Crippen molar-refractivity contribution in [3.05, 3.63) is 53.7 Å². The van der Waals surface area contributed by atoms with E-state index >= 15 is 0 Å². The fourth-order valence-corrected chi connectivity index (χ4v) is 2.47. The second-order valence-corrected chi connectivity index (χ2v) is 6.04. The smallest absolute Gasteiger partial charge is 0.255 e. The molecule has 0 atom stereocenters. The number of methoxy groups -OCH3 is 1. The molecule has 25 heavy (non-hydrogen) atoms. The molecule has 0 spiro atoms. The van der Waals surface area contributed by atoms with Gasteiger partial charge in [-0.2, -0.15) is 0 Å². The van der Waals surface area contributed by atoms with Crippen molar-refractivity contribution in [2.75, 3.05) is 32.6 Å². The maximum absolute atomic E-state index is 12.3. The summed E-state index contributed by atoms with van der Waals surface area (Å²) in [6.07, 6.45) is 4.63. The Balaban J connectivity index is 1.82. The SMILES string of the molecule is CCCCN(C)C(=O)c1ccc(NCCc2ccc(OC)cc2)nc1. The van der Waals surface area contributed by atoms with Crippen molar-refractivity contribution in [1.29, 1.82) is 0 Å². The third kappa shape index (κ3) is 5.78. The zero-order chi connectivity index (χ0) is 18.1. The van der Waals surface area contributed by atoms with Gasteiger partial charge in [0.25, 0.3) is 5.91 Å². The van der Waals surface area contributed by atoms with Gasteiger partial charge >= 0.3 is 0 Å². The van der Waals surface area contributed by atoms with Crippen LogP contribution in [0.25, 0.3) is 0 Å². The molecule has 0 aliphatic carbocycles. The molecule has 0 radical (unpaired) electrons. The van der Waals surface area contributed by atoms with Gasteiger partial charge in [0.2, 0.25) is 0 Å². The molecule has 2 rings (SSSR count). The molecule has 1 aromatic heterocycles. The van der Waals surface area contributed by atoms with Crippen molar-refractivity contribution in [3.63, 3.8) is 0 Å². The van der Waals surface area contributed by atoms with Crippen LogP contribution in [0.5, 0.6) is 5.75 Å². The lowest BCUT2D eigenvalue weighted by atomic mass is 10.1. The molecule has 134 valence electrons. The number of rotatable bonds is 9. The average Bonchev–Trinajstić information content (AvgIpc) is 2.66. The van der Waals surface area contributed by atoms with Crippen LogP contribution in [0, 0.1) is 0 Å². The molecule has 0 aliphatic heterocycles. The zero-order valence-electron chi connectivity index (χ0n) is 15.3. The van der Waals surface area contributed by atoms with E-state index in [0.29, 0.717) is 5.56 Å². The number of amides is 1. The zero-order valence-corrected chi connectivity index (χ0v) is 15.3. The summed E-state index contributed by atoms with van der Waals surface area (Å²) in [5, 5.41) is 3.28. The predicted molar refractivity (Wildman–Crippen MR) is 101 cm³/mol. The summed E-state index contributed by atoms with van der Waals surface area (Å²) >= 11 is 0. The molecule has 1 N–H and O–H groups in total. The molecule has 2 aromatic rings. The van der Waals surface area contributed by atoms with Crippen molar-refractivity contribution in [2.24, 2.45) is 0 Å². The van der Waals surface area contributed by atoms with Gasteiger partial charge in [-0.05, 0) is 42.7 Å². The molecule has 1 amide bonds. The van der Waals surface area contributed by atoms with Gasteiger partial charge in [0.05, 0.1) is 12.7 Å². The molecule has 1 aromatic carbocycles. The molecule has 5 nitrogen and oxygen atoms in total. The second kappa shape index (κ2) is 9.67. The van der Waals surface area contributed by atoms with Crippen molar-refractivity contribution < 1.29 is 9.53 Å². The number of unbranched alkanes of at least 4 members (excludes halogenated alkanes) is 1. The van der Waals surface area contributed by atoms with Gasteiger partial charge in [-0.1, -0.05) is 25.5 Å². The topological polar surface area (TPSA) is 54.5 Å². The van der Waals surface area contributed by atoms with E-state index in [1.807, 2.05) is 31.3 Å². The number of anilines is 1. The molecule has 0 aliphatic rings. The minimum absolute atomic E-state index is 0.0192. The highest BCUT2D eigenvalue weighted by Gasteiger charge is 2.11. The third-order valence-electron chi connectivity index (χ3n) is 4.08. The van der Waals surface area contributed by atoms with E-state index in [4.69, 9.17) is 4.74 Å². The molecule has 0 saturated heterocycles. The van der Waals surface area contributed by atoms with Crippen LogP contribution < -0.4 is 10.1 Å². The Morgan fingerprint density at radius 1 is 1.20 bits per heavy atom. The number of nitrogens with zero attached hydrogens (tertiary/aromatic N) is 2. The fourth-order valence-electron chi connectivity index (χ4n) is 2.47. The summed E-state index contributed by atoms with van der Waals surface area (Å²) in [4.78, 5) is 18.4. The lowest BCUT2D eigenvalue weighted by molar-refractivity contribution is 0.0793. The van der Waals surface area contributed by atoms with Crippen molar-refractivity contribution in [1.82, 2.24) is 9.88 Å². The quantitative estimate of drug-likeness (QED) is 0.757. The first-order valence-corrected chi connectivity index (χ1v) is 8.72. The van der Waals surface area contributed by atoms with Crippen molar-refractivity contribution in [2.45, 2.75) is 26.2 Å². The number of hydrogen-bond donors (Lipinski definition) is 1. The van der Waals surface area contributed by atoms with Crippen LogP contribution in [-0.4, -0.2) is 43.0 Å². The molecule has 5 heteroatoms. The normalized spacial score (nSPS) is 10.4. The first kappa shape index (κ1) is 18.8. The highest BCUT2D eigenvalue weighted by Crippen LogP contribution is 2.12. The monoisotopic (exact) mass is 341 g/mol. The summed E-state index contributed by atoms with van der Waals surface area (Å²) in [7, 11) is 3.50. The van der Waals surface area contributed by atoms with Crippen LogP contribution in [0.4, 0.5) is 5.82 Å². The Morgan fingerprint density at radius 2 is 1.96 bits per heavy atom. The summed E-state index contributed by atoms with van der Waals surface area (Å²) in [6, 6.07) is 11.7. The Labute approximate surface area is 150 Å². The van der Waals surface area contributed by atoms with Crippen molar-refractivity contribution in [3.8, 4) is 5.75 Å². The van der Waals surface area contributed by atoms with Crippen LogP contribution in [0.15, 0.2) is 42.6 Å². The highest BCUT2D eigenvalue weighted by atomic mass is 16.5. The number of aromatic nitrogens is 1. The summed E-state index contributed by atoms with van der Waals surface area (Å²) in [5.41, 5.74) is 1.86. The third-order valence-corrected chi connectivity index (χ3v) is 4.08. The second-order valence-electron chi connectivity index (χ2n) is 6.04. The lowest BCUT2D eigenvalue weighted by Gasteiger charge is -2.16. The maximum atomic E-state index is 12.3. The van der Waals surface area contributed by atoms with Crippen LogP contribution in [0.1, 0.15) is 35.7 Å². The lowest BCUT2D eigenvalue weighted by Crippen LogP contribution is -2.27. The van der Waals surface area contributed by atoms with Crippen LogP contribution in [-0.2, 0) is 6.42 Å². The fraction of sp³-hybridized carbons (Fsp3) is 0.400.